The molecule has 2 aliphatic heterocycles. The Morgan fingerprint density at radius 1 is 0.900 bits per heavy atom. The van der Waals surface area contributed by atoms with Crippen LogP contribution in [0.2, 0.25) is 0 Å². The number of likely N-dealkylation sites (tertiary alicyclic amines) is 1. The van der Waals surface area contributed by atoms with Gasteiger partial charge in [-0.2, -0.15) is 0 Å². The Labute approximate surface area is 186 Å². The minimum absolute atomic E-state index is 0.176. The second-order valence-corrected chi connectivity index (χ2v) is 9.77. The Bertz CT molecular complexity index is 675. The van der Waals surface area contributed by atoms with E-state index in [9.17, 15) is 9.59 Å². The van der Waals surface area contributed by atoms with Gasteiger partial charge in [0.25, 0.3) is 5.91 Å². The topological polar surface area (TPSA) is 40.6 Å². The summed E-state index contributed by atoms with van der Waals surface area (Å²) in [6, 6.07) is 8.92. The number of hydrogen-bond donors (Lipinski definition) is 0. The molecule has 0 spiro atoms. The summed E-state index contributed by atoms with van der Waals surface area (Å²) in [6.45, 7) is 5.93. The normalized spacial score (nSPS) is 18.6. The van der Waals surface area contributed by atoms with Crippen LogP contribution in [0.25, 0.3) is 0 Å². The third kappa shape index (κ3) is 6.26. The molecule has 0 bridgehead atoms. The molecule has 166 valence electrons. The van der Waals surface area contributed by atoms with Crippen molar-refractivity contribution >= 4 is 29.1 Å². The van der Waals surface area contributed by atoms with Gasteiger partial charge >= 0.3 is 0 Å². The van der Waals surface area contributed by atoms with Crippen LogP contribution in [0.15, 0.2) is 29.2 Å². The standard InChI is InChI=1S/C25H38N2O2S/c1-3-4-5-6-7-24(28)25(29)27-18-14-21(15-19-27)20-12-16-26(17-13-20)22-8-10-23(30-2)11-9-22/h8-11,20-21H,3-7,12-19H2,1-2H3. The highest BCUT2D eigenvalue weighted by Crippen LogP contribution is 2.34. The molecule has 1 aromatic carbocycles. The molecule has 5 heteroatoms. The second kappa shape index (κ2) is 11.8. The van der Waals surface area contributed by atoms with Crippen molar-refractivity contribution in [2.45, 2.75) is 69.6 Å². The van der Waals surface area contributed by atoms with E-state index < -0.39 is 0 Å². The summed E-state index contributed by atoms with van der Waals surface area (Å²) in [7, 11) is 0. The molecule has 2 heterocycles. The van der Waals surface area contributed by atoms with E-state index in [4.69, 9.17) is 0 Å². The summed E-state index contributed by atoms with van der Waals surface area (Å²) >= 11 is 1.79. The van der Waals surface area contributed by atoms with E-state index in [0.29, 0.717) is 12.3 Å². The average Bonchev–Trinajstić information content (AvgIpc) is 2.81. The molecule has 2 saturated heterocycles. The summed E-state index contributed by atoms with van der Waals surface area (Å²) in [5.41, 5.74) is 1.34. The van der Waals surface area contributed by atoms with E-state index in [1.807, 2.05) is 4.90 Å². The predicted octanol–water partition coefficient (Wildman–Crippen LogP) is 5.40. The van der Waals surface area contributed by atoms with Crippen LogP contribution in [-0.2, 0) is 9.59 Å². The van der Waals surface area contributed by atoms with E-state index in [-0.39, 0.29) is 11.7 Å². The number of benzene rings is 1. The predicted molar refractivity (Wildman–Crippen MR) is 126 cm³/mol. The van der Waals surface area contributed by atoms with Crippen molar-refractivity contribution in [3.05, 3.63) is 24.3 Å². The maximum absolute atomic E-state index is 12.5. The first kappa shape index (κ1) is 23.2. The second-order valence-electron chi connectivity index (χ2n) is 8.89. The molecule has 2 fully saturated rings. The van der Waals surface area contributed by atoms with Crippen molar-refractivity contribution in [3.63, 3.8) is 0 Å². The molecule has 3 rings (SSSR count). The van der Waals surface area contributed by atoms with Crippen molar-refractivity contribution in [2.24, 2.45) is 11.8 Å². The van der Waals surface area contributed by atoms with Crippen molar-refractivity contribution in [1.29, 1.82) is 0 Å². The van der Waals surface area contributed by atoms with Crippen LogP contribution < -0.4 is 4.90 Å². The van der Waals surface area contributed by atoms with Gasteiger partial charge in [-0.15, -0.1) is 11.8 Å². The number of hydrogen-bond acceptors (Lipinski definition) is 4. The van der Waals surface area contributed by atoms with Gasteiger partial charge in [0.1, 0.15) is 0 Å². The highest BCUT2D eigenvalue weighted by Gasteiger charge is 2.32. The third-order valence-corrected chi connectivity index (χ3v) is 7.71. The Kier molecular flexibility index (Phi) is 9.10. The summed E-state index contributed by atoms with van der Waals surface area (Å²) in [5, 5.41) is 0. The zero-order chi connectivity index (χ0) is 21.3. The lowest BCUT2D eigenvalue weighted by atomic mass is 9.78. The number of thioether (sulfide) groups is 1. The van der Waals surface area contributed by atoms with E-state index >= 15 is 0 Å². The molecule has 0 unspecified atom stereocenters. The lowest BCUT2D eigenvalue weighted by molar-refractivity contribution is -0.145. The van der Waals surface area contributed by atoms with Crippen molar-refractivity contribution < 1.29 is 9.59 Å². The van der Waals surface area contributed by atoms with Crippen molar-refractivity contribution in [2.75, 3.05) is 37.3 Å². The third-order valence-electron chi connectivity index (χ3n) is 6.97. The fourth-order valence-electron chi connectivity index (χ4n) is 4.99. The number of carbonyl (C=O) groups is 2. The van der Waals surface area contributed by atoms with E-state index in [1.165, 1.54) is 23.4 Å². The maximum Gasteiger partial charge on any atom is 0.289 e. The van der Waals surface area contributed by atoms with Crippen LogP contribution in [0.5, 0.6) is 0 Å². The number of amides is 1. The average molecular weight is 431 g/mol. The summed E-state index contributed by atoms with van der Waals surface area (Å²) in [5.74, 6) is 1.06. The van der Waals surface area contributed by atoms with Crippen LogP contribution in [0.3, 0.4) is 0 Å². The van der Waals surface area contributed by atoms with Crippen LogP contribution in [0.1, 0.15) is 64.7 Å². The van der Waals surface area contributed by atoms with Gasteiger partial charge in [-0.05, 0) is 74.5 Å². The van der Waals surface area contributed by atoms with Gasteiger partial charge < -0.3 is 9.80 Å². The number of anilines is 1. The van der Waals surface area contributed by atoms with Gasteiger partial charge in [0.2, 0.25) is 5.78 Å². The highest BCUT2D eigenvalue weighted by molar-refractivity contribution is 7.98. The summed E-state index contributed by atoms with van der Waals surface area (Å²) in [4.78, 5) is 30.3. The number of unbranched alkanes of at least 4 members (excludes halogenated alkanes) is 3. The zero-order valence-corrected chi connectivity index (χ0v) is 19.6. The van der Waals surface area contributed by atoms with Gasteiger partial charge in [0, 0.05) is 43.2 Å². The van der Waals surface area contributed by atoms with E-state index in [1.54, 1.807) is 11.8 Å². The molecule has 30 heavy (non-hydrogen) atoms. The monoisotopic (exact) mass is 430 g/mol. The Morgan fingerprint density at radius 3 is 2.07 bits per heavy atom. The fraction of sp³-hybridized carbons (Fsp3) is 0.680. The minimum Gasteiger partial charge on any atom is -0.372 e. The molecule has 0 aromatic heterocycles. The quantitative estimate of drug-likeness (QED) is 0.299. The fourth-order valence-corrected chi connectivity index (χ4v) is 5.40. The maximum atomic E-state index is 12.5. The molecule has 4 nitrogen and oxygen atoms in total. The van der Waals surface area contributed by atoms with Crippen molar-refractivity contribution in [1.82, 2.24) is 4.90 Å². The van der Waals surface area contributed by atoms with Gasteiger partial charge in [-0.3, -0.25) is 9.59 Å². The molecule has 1 amide bonds. The van der Waals surface area contributed by atoms with Crippen LogP contribution >= 0.6 is 11.8 Å². The number of rotatable bonds is 9. The first-order chi connectivity index (χ1) is 14.6. The molecule has 0 saturated carbocycles. The summed E-state index contributed by atoms with van der Waals surface area (Å²) < 4.78 is 0. The lowest BCUT2D eigenvalue weighted by Crippen LogP contribution is -2.44. The molecular weight excluding hydrogens is 392 g/mol. The molecule has 2 aliphatic rings. The molecule has 1 aromatic rings. The largest absolute Gasteiger partial charge is 0.372 e. The van der Waals surface area contributed by atoms with E-state index in [0.717, 1.165) is 70.6 Å². The van der Waals surface area contributed by atoms with Gasteiger partial charge in [0.15, 0.2) is 0 Å². The minimum atomic E-state index is -0.228. The molecule has 0 N–H and O–H groups in total. The van der Waals surface area contributed by atoms with Gasteiger partial charge in [-0.1, -0.05) is 26.2 Å². The van der Waals surface area contributed by atoms with E-state index in [2.05, 4.69) is 42.3 Å². The van der Waals surface area contributed by atoms with Crippen LogP contribution in [-0.4, -0.2) is 49.0 Å². The molecule has 0 aliphatic carbocycles. The number of piperidine rings is 2. The number of Topliss-reactive ketones (excluding diaryl/α,β-unsaturated/α-hetero) is 1. The smallest absolute Gasteiger partial charge is 0.289 e. The SMILES string of the molecule is CCCCCCC(=O)C(=O)N1CCC(C2CCN(c3ccc(SC)cc3)CC2)CC1. The Hall–Kier alpha value is -1.49. The van der Waals surface area contributed by atoms with Gasteiger partial charge in [-0.25, -0.2) is 0 Å². The highest BCUT2D eigenvalue weighted by atomic mass is 32.2. The molecule has 0 radical (unpaired) electrons. The Morgan fingerprint density at radius 2 is 1.50 bits per heavy atom. The zero-order valence-electron chi connectivity index (χ0n) is 18.8. The molecular formula is C25H38N2O2S. The van der Waals surface area contributed by atoms with Crippen LogP contribution in [0.4, 0.5) is 5.69 Å². The van der Waals surface area contributed by atoms with Crippen LogP contribution in [0, 0.1) is 11.8 Å². The lowest BCUT2D eigenvalue weighted by Gasteiger charge is -2.40. The summed E-state index contributed by atoms with van der Waals surface area (Å²) in [6.07, 6.45) is 11.3. The number of carbonyl (C=O) groups excluding carboxylic acids is 2. The molecule has 0 atom stereocenters. The number of nitrogens with zero attached hydrogens (tertiary/aromatic N) is 2. The Balaban J connectivity index is 1.39. The number of ketones is 1. The van der Waals surface area contributed by atoms with Crippen molar-refractivity contribution in [3.8, 4) is 0 Å². The van der Waals surface area contributed by atoms with Gasteiger partial charge in [0.05, 0.1) is 0 Å². The first-order valence-electron chi connectivity index (χ1n) is 11.8. The first-order valence-corrected chi connectivity index (χ1v) is 13.1.